The van der Waals surface area contributed by atoms with Gasteiger partial charge in [0, 0.05) is 10.7 Å². The number of pyridine rings is 1. The SMILES string of the molecule is CCOC(=O)/C(=N/O)c1ccc(Br)cn1. The lowest BCUT2D eigenvalue weighted by Gasteiger charge is -2.02. The van der Waals surface area contributed by atoms with Crippen molar-refractivity contribution < 1.29 is 14.7 Å². The highest BCUT2D eigenvalue weighted by molar-refractivity contribution is 9.10. The Morgan fingerprint density at radius 3 is 2.87 bits per heavy atom. The zero-order valence-corrected chi connectivity index (χ0v) is 9.56. The molecule has 0 spiro atoms. The average Bonchev–Trinajstić information content (AvgIpc) is 2.22. The van der Waals surface area contributed by atoms with Gasteiger partial charge in [0.15, 0.2) is 0 Å². The van der Waals surface area contributed by atoms with E-state index in [1.165, 1.54) is 6.20 Å². The van der Waals surface area contributed by atoms with Gasteiger partial charge in [-0.05, 0) is 35.0 Å². The van der Waals surface area contributed by atoms with Crippen LogP contribution in [0.2, 0.25) is 0 Å². The molecule has 1 heterocycles. The van der Waals surface area contributed by atoms with Gasteiger partial charge in [0.25, 0.3) is 0 Å². The molecule has 0 radical (unpaired) electrons. The first-order valence-corrected chi connectivity index (χ1v) is 4.99. The average molecular weight is 273 g/mol. The summed E-state index contributed by atoms with van der Waals surface area (Å²) in [5.41, 5.74) is 0.0588. The number of esters is 1. The molecule has 15 heavy (non-hydrogen) atoms. The number of aromatic nitrogens is 1. The van der Waals surface area contributed by atoms with E-state index in [1.807, 2.05) is 0 Å². The van der Waals surface area contributed by atoms with Gasteiger partial charge in [-0.2, -0.15) is 0 Å². The van der Waals surface area contributed by atoms with Gasteiger partial charge in [-0.1, -0.05) is 5.16 Å². The molecule has 0 saturated carbocycles. The second-order valence-corrected chi connectivity index (χ2v) is 3.45. The Morgan fingerprint density at radius 2 is 2.40 bits per heavy atom. The van der Waals surface area contributed by atoms with Crippen molar-refractivity contribution in [3.05, 3.63) is 28.5 Å². The third-order valence-electron chi connectivity index (χ3n) is 1.54. The fourth-order valence-electron chi connectivity index (χ4n) is 0.912. The van der Waals surface area contributed by atoms with Gasteiger partial charge in [-0.3, -0.25) is 4.98 Å². The molecule has 1 N–H and O–H groups in total. The lowest BCUT2D eigenvalue weighted by Crippen LogP contribution is -2.19. The van der Waals surface area contributed by atoms with E-state index < -0.39 is 5.97 Å². The Balaban J connectivity index is 2.94. The second-order valence-electron chi connectivity index (χ2n) is 2.53. The number of carbonyl (C=O) groups excluding carboxylic acids is 1. The molecule has 6 heteroatoms. The van der Waals surface area contributed by atoms with Crippen molar-refractivity contribution in [1.82, 2.24) is 4.98 Å². The van der Waals surface area contributed by atoms with Crippen LogP contribution in [0.5, 0.6) is 0 Å². The summed E-state index contributed by atoms with van der Waals surface area (Å²) in [6.07, 6.45) is 1.50. The highest BCUT2D eigenvalue weighted by Crippen LogP contribution is 2.08. The van der Waals surface area contributed by atoms with Crippen LogP contribution in [0.3, 0.4) is 0 Å². The quantitative estimate of drug-likeness (QED) is 0.393. The van der Waals surface area contributed by atoms with Gasteiger partial charge in [-0.15, -0.1) is 0 Å². The maximum atomic E-state index is 11.3. The number of halogens is 1. The standard InChI is InChI=1S/C9H9BrN2O3/c1-2-15-9(13)8(12-14)7-4-3-6(10)5-11-7/h3-5,14H,2H2,1H3/b12-8+. The van der Waals surface area contributed by atoms with E-state index in [0.29, 0.717) is 0 Å². The molecule has 0 atom stereocenters. The predicted molar refractivity (Wildman–Crippen MR) is 56.9 cm³/mol. The van der Waals surface area contributed by atoms with E-state index >= 15 is 0 Å². The molecule has 0 aromatic carbocycles. The van der Waals surface area contributed by atoms with Crippen LogP contribution in [-0.2, 0) is 9.53 Å². The van der Waals surface area contributed by atoms with Crippen molar-refractivity contribution in [3.8, 4) is 0 Å². The van der Waals surface area contributed by atoms with Crippen molar-refractivity contribution in [2.24, 2.45) is 5.16 Å². The summed E-state index contributed by atoms with van der Waals surface area (Å²) >= 11 is 3.20. The molecule has 0 amide bonds. The molecular weight excluding hydrogens is 264 g/mol. The summed E-state index contributed by atoms with van der Waals surface area (Å²) in [4.78, 5) is 15.2. The molecule has 0 aliphatic carbocycles. The summed E-state index contributed by atoms with van der Waals surface area (Å²) in [5.74, 6) is -0.699. The predicted octanol–water partition coefficient (Wildman–Crippen LogP) is 1.59. The summed E-state index contributed by atoms with van der Waals surface area (Å²) in [5, 5.41) is 11.6. The van der Waals surface area contributed by atoms with Crippen LogP contribution in [-0.4, -0.2) is 28.5 Å². The van der Waals surface area contributed by atoms with Gasteiger partial charge < -0.3 is 9.94 Å². The maximum Gasteiger partial charge on any atom is 0.362 e. The van der Waals surface area contributed by atoms with Gasteiger partial charge in [0.2, 0.25) is 5.71 Å². The first-order chi connectivity index (χ1) is 7.19. The Hall–Kier alpha value is -1.43. The molecule has 5 nitrogen and oxygen atoms in total. The molecule has 1 rings (SSSR count). The van der Waals surface area contributed by atoms with Crippen LogP contribution < -0.4 is 0 Å². The first-order valence-electron chi connectivity index (χ1n) is 4.20. The van der Waals surface area contributed by atoms with E-state index in [4.69, 9.17) is 9.94 Å². The summed E-state index contributed by atoms with van der Waals surface area (Å²) in [6, 6.07) is 3.24. The Bertz CT molecular complexity index is 375. The molecule has 0 bridgehead atoms. The number of carbonyl (C=O) groups is 1. The molecule has 80 valence electrons. The zero-order chi connectivity index (χ0) is 11.3. The van der Waals surface area contributed by atoms with E-state index in [-0.39, 0.29) is 18.0 Å². The minimum atomic E-state index is -0.699. The summed E-state index contributed by atoms with van der Waals surface area (Å²) < 4.78 is 5.47. The van der Waals surface area contributed by atoms with E-state index in [0.717, 1.165) is 4.47 Å². The second kappa shape index (κ2) is 5.45. The van der Waals surface area contributed by atoms with Crippen LogP contribution >= 0.6 is 15.9 Å². The van der Waals surface area contributed by atoms with Crippen LogP contribution in [0.4, 0.5) is 0 Å². The largest absolute Gasteiger partial charge is 0.461 e. The normalized spacial score (nSPS) is 11.2. The number of nitrogens with zero attached hydrogens (tertiary/aromatic N) is 2. The molecule has 0 aliphatic rings. The van der Waals surface area contributed by atoms with E-state index in [1.54, 1.807) is 19.1 Å². The molecule has 0 saturated heterocycles. The van der Waals surface area contributed by atoms with Crippen LogP contribution in [0, 0.1) is 0 Å². The summed E-state index contributed by atoms with van der Waals surface area (Å²) in [7, 11) is 0. The van der Waals surface area contributed by atoms with Crippen molar-refractivity contribution >= 4 is 27.6 Å². The Kier molecular flexibility index (Phi) is 4.23. The third-order valence-corrected chi connectivity index (χ3v) is 2.01. The van der Waals surface area contributed by atoms with Crippen LogP contribution in [0.15, 0.2) is 28.0 Å². The number of hydrogen-bond donors (Lipinski definition) is 1. The van der Waals surface area contributed by atoms with E-state index in [9.17, 15) is 4.79 Å². The van der Waals surface area contributed by atoms with Gasteiger partial charge in [-0.25, -0.2) is 4.79 Å². The number of hydrogen-bond acceptors (Lipinski definition) is 5. The molecule has 0 aliphatic heterocycles. The molecule has 1 aromatic rings. The number of rotatable bonds is 3. The lowest BCUT2D eigenvalue weighted by atomic mass is 10.2. The van der Waals surface area contributed by atoms with Crippen molar-refractivity contribution in [2.45, 2.75) is 6.92 Å². The molecular formula is C9H9BrN2O3. The summed E-state index contributed by atoms with van der Waals surface area (Å²) in [6.45, 7) is 1.89. The molecule has 1 aromatic heterocycles. The van der Waals surface area contributed by atoms with Crippen LogP contribution in [0.25, 0.3) is 0 Å². The van der Waals surface area contributed by atoms with Gasteiger partial charge in [0.1, 0.15) is 0 Å². The van der Waals surface area contributed by atoms with Gasteiger partial charge >= 0.3 is 5.97 Å². The highest BCUT2D eigenvalue weighted by Gasteiger charge is 2.17. The topological polar surface area (TPSA) is 71.8 Å². The fourth-order valence-corrected chi connectivity index (χ4v) is 1.15. The van der Waals surface area contributed by atoms with E-state index in [2.05, 4.69) is 26.1 Å². The minimum Gasteiger partial charge on any atom is -0.461 e. The van der Waals surface area contributed by atoms with Crippen molar-refractivity contribution in [1.29, 1.82) is 0 Å². The first kappa shape index (κ1) is 11.6. The number of ether oxygens (including phenoxy) is 1. The third kappa shape index (κ3) is 3.02. The highest BCUT2D eigenvalue weighted by atomic mass is 79.9. The Morgan fingerprint density at radius 1 is 1.67 bits per heavy atom. The Labute approximate surface area is 94.9 Å². The fraction of sp³-hybridized carbons (Fsp3) is 0.222. The van der Waals surface area contributed by atoms with Crippen molar-refractivity contribution in [3.63, 3.8) is 0 Å². The zero-order valence-electron chi connectivity index (χ0n) is 7.98. The smallest absolute Gasteiger partial charge is 0.362 e. The number of oxime groups is 1. The maximum absolute atomic E-state index is 11.3. The molecule has 0 fully saturated rings. The van der Waals surface area contributed by atoms with Crippen molar-refractivity contribution in [2.75, 3.05) is 6.61 Å². The van der Waals surface area contributed by atoms with Gasteiger partial charge in [0.05, 0.1) is 12.3 Å². The molecule has 0 unspecified atom stereocenters. The minimum absolute atomic E-state index is 0.204. The van der Waals surface area contributed by atoms with Crippen LogP contribution in [0.1, 0.15) is 12.6 Å². The monoisotopic (exact) mass is 272 g/mol. The lowest BCUT2D eigenvalue weighted by molar-refractivity contribution is -0.135.